The quantitative estimate of drug-likeness (QED) is 0.683. The minimum Gasteiger partial charge on any atom is -0.308 e. The number of rotatable bonds is 5. The van der Waals surface area contributed by atoms with Crippen molar-refractivity contribution < 1.29 is 4.79 Å². The van der Waals surface area contributed by atoms with Crippen molar-refractivity contribution in [3.63, 3.8) is 0 Å². The van der Waals surface area contributed by atoms with Gasteiger partial charge in [-0.1, -0.05) is 17.4 Å². The average molecular weight is 380 g/mol. The molecule has 8 heteroatoms. The first-order valence-electron chi connectivity index (χ1n) is 7.77. The topological polar surface area (TPSA) is 54.3 Å². The molecule has 0 unspecified atom stereocenters. The number of amides is 1. The van der Waals surface area contributed by atoms with E-state index in [9.17, 15) is 4.79 Å². The monoisotopic (exact) mass is 379 g/mol. The normalized spacial score (nSPS) is 10.9. The van der Waals surface area contributed by atoms with Crippen molar-refractivity contribution in [2.75, 3.05) is 32.1 Å². The van der Waals surface area contributed by atoms with Gasteiger partial charge in [0.2, 0.25) is 0 Å². The summed E-state index contributed by atoms with van der Waals surface area (Å²) in [6.45, 7) is 3.39. The van der Waals surface area contributed by atoms with E-state index in [1.165, 1.54) is 5.56 Å². The van der Waals surface area contributed by atoms with Crippen LogP contribution in [0.5, 0.6) is 0 Å². The molecule has 0 aliphatic carbocycles. The molecule has 3 rings (SSSR count). The van der Waals surface area contributed by atoms with Crippen molar-refractivity contribution in [3.05, 3.63) is 41.7 Å². The summed E-state index contributed by atoms with van der Waals surface area (Å²) < 4.78 is 2.73. The van der Waals surface area contributed by atoms with Crippen molar-refractivity contribution in [3.8, 4) is 0 Å². The second kappa shape index (κ2) is 7.95. The second-order valence-corrected chi connectivity index (χ2v) is 7.11. The molecule has 0 saturated carbocycles. The first kappa shape index (κ1) is 19.4. The number of thiazole rings is 1. The van der Waals surface area contributed by atoms with Crippen LogP contribution in [-0.4, -0.2) is 52.8 Å². The molecule has 0 aliphatic rings. The molecule has 1 aromatic carbocycles. The van der Waals surface area contributed by atoms with Gasteiger partial charge in [-0.15, -0.1) is 12.4 Å². The highest BCUT2D eigenvalue weighted by Crippen LogP contribution is 2.30. The van der Waals surface area contributed by atoms with E-state index < -0.39 is 0 Å². The molecule has 0 fully saturated rings. The van der Waals surface area contributed by atoms with E-state index in [2.05, 4.69) is 28.0 Å². The molecule has 0 radical (unpaired) electrons. The van der Waals surface area contributed by atoms with Crippen molar-refractivity contribution in [2.45, 2.75) is 6.92 Å². The van der Waals surface area contributed by atoms with Crippen LogP contribution in [0.1, 0.15) is 16.1 Å². The fourth-order valence-electron chi connectivity index (χ4n) is 2.39. The van der Waals surface area contributed by atoms with Crippen molar-refractivity contribution in [1.29, 1.82) is 0 Å². The average Bonchev–Trinajstić information content (AvgIpc) is 3.12. The molecule has 0 saturated heterocycles. The van der Waals surface area contributed by atoms with Crippen LogP contribution >= 0.6 is 23.7 Å². The molecule has 2 aromatic heterocycles. The van der Waals surface area contributed by atoms with E-state index in [0.29, 0.717) is 17.4 Å². The van der Waals surface area contributed by atoms with Crippen molar-refractivity contribution in [1.82, 2.24) is 19.7 Å². The number of aryl methyl sites for hydroxylation is 2. The lowest BCUT2D eigenvalue weighted by Gasteiger charge is -2.21. The fourth-order valence-corrected chi connectivity index (χ4v) is 3.47. The highest BCUT2D eigenvalue weighted by atomic mass is 35.5. The maximum absolute atomic E-state index is 12.9. The summed E-state index contributed by atoms with van der Waals surface area (Å²) in [5, 5.41) is 4.96. The molecule has 0 N–H and O–H groups in total. The number of halogens is 1. The molecule has 0 bridgehead atoms. The summed E-state index contributed by atoms with van der Waals surface area (Å²) >= 11 is 1.54. The minimum atomic E-state index is -0.117. The molecule has 0 aliphatic heterocycles. The highest BCUT2D eigenvalue weighted by Gasteiger charge is 2.23. The Balaban J connectivity index is 0.00000225. The lowest BCUT2D eigenvalue weighted by molar-refractivity contribution is 0.0979. The van der Waals surface area contributed by atoms with Gasteiger partial charge in [0.25, 0.3) is 5.91 Å². The number of hydrogen-bond donors (Lipinski definition) is 0. The summed E-state index contributed by atoms with van der Waals surface area (Å²) in [7, 11) is 5.79. The molecule has 0 atom stereocenters. The number of nitrogens with zero attached hydrogens (tertiary/aromatic N) is 5. The summed E-state index contributed by atoms with van der Waals surface area (Å²) in [5.74, 6) is -0.117. The van der Waals surface area contributed by atoms with Crippen LogP contribution in [0.15, 0.2) is 30.5 Å². The first-order valence-corrected chi connectivity index (χ1v) is 8.59. The third-order valence-electron chi connectivity index (χ3n) is 3.71. The molecule has 25 heavy (non-hydrogen) atoms. The molecule has 2 heterocycles. The van der Waals surface area contributed by atoms with Crippen LogP contribution in [0.4, 0.5) is 5.13 Å². The van der Waals surface area contributed by atoms with Gasteiger partial charge in [0.05, 0.1) is 10.2 Å². The SMILES string of the molecule is Cc1ccc2nc(N(CCN(C)C)C(=O)c3ccn(C)n3)sc2c1.Cl. The number of benzene rings is 1. The van der Waals surface area contributed by atoms with Crippen LogP contribution in [-0.2, 0) is 7.05 Å². The van der Waals surface area contributed by atoms with Gasteiger partial charge in [0, 0.05) is 26.3 Å². The maximum Gasteiger partial charge on any atom is 0.280 e. The van der Waals surface area contributed by atoms with Gasteiger partial charge in [-0.3, -0.25) is 14.4 Å². The zero-order valence-corrected chi connectivity index (χ0v) is 16.4. The molecular weight excluding hydrogens is 358 g/mol. The lowest BCUT2D eigenvalue weighted by Crippen LogP contribution is -2.37. The fraction of sp³-hybridized carbons (Fsp3) is 0.353. The third kappa shape index (κ3) is 4.36. The van der Waals surface area contributed by atoms with Gasteiger partial charge < -0.3 is 4.90 Å². The van der Waals surface area contributed by atoms with Crippen LogP contribution < -0.4 is 4.90 Å². The predicted octanol–water partition coefficient (Wildman–Crippen LogP) is 2.97. The Kier molecular flexibility index (Phi) is 6.16. The Morgan fingerprint density at radius 2 is 2.00 bits per heavy atom. The van der Waals surface area contributed by atoms with Crippen LogP contribution in [0.2, 0.25) is 0 Å². The molecule has 134 valence electrons. The molecule has 0 spiro atoms. The van der Waals surface area contributed by atoms with Gasteiger partial charge in [0.1, 0.15) is 0 Å². The number of hydrogen-bond acceptors (Lipinski definition) is 5. The van der Waals surface area contributed by atoms with Gasteiger partial charge in [-0.05, 0) is 44.8 Å². The minimum absolute atomic E-state index is 0. The third-order valence-corrected chi connectivity index (χ3v) is 4.75. The van der Waals surface area contributed by atoms with Gasteiger partial charge in [-0.25, -0.2) is 4.98 Å². The number of carbonyl (C=O) groups excluding carboxylic acids is 1. The number of anilines is 1. The molecular formula is C17H22ClN5OS. The summed E-state index contributed by atoms with van der Waals surface area (Å²) in [5.41, 5.74) is 2.55. The van der Waals surface area contributed by atoms with Crippen LogP contribution in [0.25, 0.3) is 10.2 Å². The van der Waals surface area contributed by atoms with E-state index in [0.717, 1.165) is 16.8 Å². The Hall–Kier alpha value is -1.96. The summed E-state index contributed by atoms with van der Waals surface area (Å²) in [6.07, 6.45) is 1.78. The van der Waals surface area contributed by atoms with E-state index in [4.69, 9.17) is 0 Å². The standard InChI is InChI=1S/C17H21N5OS.ClH/c1-12-5-6-13-15(11-12)24-17(18-13)22(10-9-20(2)3)16(23)14-7-8-21(4)19-14;/h5-8,11H,9-10H2,1-4H3;1H. The van der Waals surface area contributed by atoms with Gasteiger partial charge in [-0.2, -0.15) is 5.10 Å². The summed E-state index contributed by atoms with van der Waals surface area (Å²) in [6, 6.07) is 7.88. The lowest BCUT2D eigenvalue weighted by atomic mass is 10.2. The number of fused-ring (bicyclic) bond motifs is 1. The largest absolute Gasteiger partial charge is 0.308 e. The van der Waals surface area contributed by atoms with E-state index in [-0.39, 0.29) is 18.3 Å². The Labute approximate surface area is 157 Å². The van der Waals surface area contributed by atoms with E-state index >= 15 is 0 Å². The predicted molar refractivity (Wildman–Crippen MR) is 105 cm³/mol. The number of aromatic nitrogens is 3. The smallest absolute Gasteiger partial charge is 0.280 e. The van der Waals surface area contributed by atoms with Crippen molar-refractivity contribution >= 4 is 45.0 Å². The van der Waals surface area contributed by atoms with Gasteiger partial charge in [0.15, 0.2) is 10.8 Å². The Morgan fingerprint density at radius 3 is 2.64 bits per heavy atom. The van der Waals surface area contributed by atoms with Crippen molar-refractivity contribution in [2.24, 2.45) is 7.05 Å². The number of carbonyl (C=O) groups is 1. The van der Waals surface area contributed by atoms with Crippen LogP contribution in [0.3, 0.4) is 0 Å². The van der Waals surface area contributed by atoms with Gasteiger partial charge >= 0.3 is 0 Å². The number of likely N-dealkylation sites (N-methyl/N-ethyl adjacent to an activating group) is 1. The Morgan fingerprint density at radius 1 is 1.24 bits per heavy atom. The van der Waals surface area contributed by atoms with Crippen LogP contribution in [0, 0.1) is 6.92 Å². The highest BCUT2D eigenvalue weighted by molar-refractivity contribution is 7.22. The first-order chi connectivity index (χ1) is 11.4. The zero-order chi connectivity index (χ0) is 17.3. The van der Waals surface area contributed by atoms with E-state index in [1.54, 1.807) is 40.2 Å². The summed E-state index contributed by atoms with van der Waals surface area (Å²) in [4.78, 5) is 21.3. The zero-order valence-electron chi connectivity index (χ0n) is 14.8. The maximum atomic E-state index is 12.9. The molecule has 1 amide bonds. The van der Waals surface area contributed by atoms with E-state index in [1.807, 2.05) is 26.2 Å². The second-order valence-electron chi connectivity index (χ2n) is 6.10. The molecule has 6 nitrogen and oxygen atoms in total. The Bertz CT molecular complexity index is 873. The molecule has 3 aromatic rings.